The van der Waals surface area contributed by atoms with Crippen molar-refractivity contribution in [2.45, 2.75) is 64.5 Å². The first kappa shape index (κ1) is 18.1. The van der Waals surface area contributed by atoms with Gasteiger partial charge in [0.05, 0.1) is 11.6 Å². The largest absolute Gasteiger partial charge is 0.376 e. The highest BCUT2D eigenvalue weighted by Gasteiger charge is 2.18. The van der Waals surface area contributed by atoms with Gasteiger partial charge in [0.25, 0.3) is 0 Å². The van der Waals surface area contributed by atoms with Crippen molar-refractivity contribution >= 4 is 12.2 Å². The van der Waals surface area contributed by atoms with Crippen LogP contribution in [0.2, 0.25) is 0 Å². The SMILES string of the molecule is CCOC(C)(C)CCC(=O)NCCCCC(N)C=O. The van der Waals surface area contributed by atoms with E-state index < -0.39 is 0 Å². The van der Waals surface area contributed by atoms with Gasteiger partial charge in [-0.3, -0.25) is 4.79 Å². The van der Waals surface area contributed by atoms with Crippen LogP contribution in [0.1, 0.15) is 52.9 Å². The van der Waals surface area contributed by atoms with Crippen LogP contribution in [0.5, 0.6) is 0 Å². The van der Waals surface area contributed by atoms with E-state index >= 15 is 0 Å². The zero-order chi connectivity index (χ0) is 14.7. The first-order valence-electron chi connectivity index (χ1n) is 7.03. The summed E-state index contributed by atoms with van der Waals surface area (Å²) in [6, 6.07) is -0.373. The van der Waals surface area contributed by atoms with Crippen LogP contribution >= 0.6 is 0 Å². The molecule has 0 rings (SSSR count). The fraction of sp³-hybridized carbons (Fsp3) is 0.857. The number of carbonyl (C=O) groups is 2. The molecule has 3 N–H and O–H groups in total. The molecule has 112 valence electrons. The number of unbranched alkanes of at least 4 members (excludes halogenated alkanes) is 1. The highest BCUT2D eigenvalue weighted by molar-refractivity contribution is 5.75. The van der Waals surface area contributed by atoms with E-state index in [0.717, 1.165) is 19.1 Å². The molecule has 0 heterocycles. The Kier molecular flexibility index (Phi) is 9.43. The molecule has 0 aromatic rings. The molecule has 19 heavy (non-hydrogen) atoms. The maximum absolute atomic E-state index is 11.6. The number of carbonyl (C=O) groups excluding carboxylic acids is 2. The normalized spacial score (nSPS) is 13.1. The summed E-state index contributed by atoms with van der Waals surface area (Å²) >= 11 is 0. The summed E-state index contributed by atoms with van der Waals surface area (Å²) in [6.07, 6.45) is 4.32. The van der Waals surface area contributed by atoms with Gasteiger partial charge in [-0.2, -0.15) is 0 Å². The van der Waals surface area contributed by atoms with Gasteiger partial charge in [-0.05, 0) is 46.5 Å². The molecular weight excluding hydrogens is 244 g/mol. The molecule has 0 aliphatic carbocycles. The van der Waals surface area contributed by atoms with Crippen molar-refractivity contribution in [2.75, 3.05) is 13.2 Å². The maximum atomic E-state index is 11.6. The number of amides is 1. The second-order valence-electron chi connectivity index (χ2n) is 5.34. The van der Waals surface area contributed by atoms with Crippen LogP contribution in [0, 0.1) is 0 Å². The van der Waals surface area contributed by atoms with E-state index in [1.807, 2.05) is 20.8 Å². The van der Waals surface area contributed by atoms with Crippen molar-refractivity contribution in [3.05, 3.63) is 0 Å². The van der Waals surface area contributed by atoms with Crippen molar-refractivity contribution in [3.63, 3.8) is 0 Å². The molecule has 0 fully saturated rings. The number of aldehydes is 1. The van der Waals surface area contributed by atoms with Crippen molar-refractivity contribution in [3.8, 4) is 0 Å². The highest BCUT2D eigenvalue weighted by Crippen LogP contribution is 2.16. The molecule has 5 heteroatoms. The molecule has 0 saturated carbocycles. The van der Waals surface area contributed by atoms with Crippen molar-refractivity contribution in [1.82, 2.24) is 5.32 Å². The topological polar surface area (TPSA) is 81.4 Å². The first-order chi connectivity index (χ1) is 8.91. The summed E-state index contributed by atoms with van der Waals surface area (Å²) in [6.45, 7) is 7.23. The third kappa shape index (κ3) is 10.7. The predicted octanol–water partition coefficient (Wildman–Crippen LogP) is 1.39. The Morgan fingerprint density at radius 3 is 2.68 bits per heavy atom. The van der Waals surface area contributed by atoms with E-state index in [-0.39, 0.29) is 17.6 Å². The Labute approximate surface area is 116 Å². The number of rotatable bonds is 11. The van der Waals surface area contributed by atoms with Gasteiger partial charge < -0.3 is 20.6 Å². The minimum atomic E-state index is -0.373. The zero-order valence-corrected chi connectivity index (χ0v) is 12.4. The molecule has 1 unspecified atom stereocenters. The Bertz CT molecular complexity index is 267. The monoisotopic (exact) mass is 272 g/mol. The first-order valence-corrected chi connectivity index (χ1v) is 7.03. The van der Waals surface area contributed by atoms with Gasteiger partial charge >= 0.3 is 0 Å². The molecule has 1 atom stereocenters. The Balaban J connectivity index is 3.57. The van der Waals surface area contributed by atoms with E-state index in [4.69, 9.17) is 10.5 Å². The minimum absolute atomic E-state index is 0.0486. The average molecular weight is 272 g/mol. The number of nitrogens with two attached hydrogens (primary N) is 1. The third-order valence-corrected chi connectivity index (χ3v) is 2.95. The molecule has 0 aromatic heterocycles. The summed E-state index contributed by atoms with van der Waals surface area (Å²) in [4.78, 5) is 21.9. The zero-order valence-electron chi connectivity index (χ0n) is 12.4. The maximum Gasteiger partial charge on any atom is 0.220 e. The number of hydrogen-bond acceptors (Lipinski definition) is 4. The van der Waals surface area contributed by atoms with Gasteiger partial charge in [0.15, 0.2) is 0 Å². The molecule has 0 saturated heterocycles. The number of nitrogens with one attached hydrogen (secondary N) is 1. The lowest BCUT2D eigenvalue weighted by molar-refractivity contribution is -0.122. The molecule has 0 aliphatic heterocycles. The molecule has 0 radical (unpaired) electrons. The summed E-state index contributed by atoms with van der Waals surface area (Å²) in [5.74, 6) is 0.0486. The number of hydrogen-bond donors (Lipinski definition) is 2. The predicted molar refractivity (Wildman–Crippen MR) is 75.8 cm³/mol. The Hall–Kier alpha value is -0.940. The van der Waals surface area contributed by atoms with Gasteiger partial charge in [0, 0.05) is 19.6 Å². The number of ether oxygens (including phenoxy) is 1. The van der Waals surface area contributed by atoms with Crippen LogP contribution in [0.3, 0.4) is 0 Å². The van der Waals surface area contributed by atoms with E-state index in [1.165, 1.54) is 0 Å². The van der Waals surface area contributed by atoms with Crippen LogP contribution in [-0.2, 0) is 14.3 Å². The van der Waals surface area contributed by atoms with E-state index in [1.54, 1.807) is 0 Å². The minimum Gasteiger partial charge on any atom is -0.376 e. The van der Waals surface area contributed by atoms with Gasteiger partial charge in [-0.15, -0.1) is 0 Å². The molecule has 5 nitrogen and oxygen atoms in total. The van der Waals surface area contributed by atoms with Crippen molar-refractivity contribution < 1.29 is 14.3 Å². The lowest BCUT2D eigenvalue weighted by atomic mass is 10.0. The summed E-state index contributed by atoms with van der Waals surface area (Å²) in [7, 11) is 0. The van der Waals surface area contributed by atoms with Crippen molar-refractivity contribution in [1.29, 1.82) is 0 Å². The van der Waals surface area contributed by atoms with Crippen LogP contribution in [0.4, 0.5) is 0 Å². The third-order valence-electron chi connectivity index (χ3n) is 2.95. The Morgan fingerprint density at radius 2 is 2.11 bits per heavy atom. The van der Waals surface area contributed by atoms with E-state index in [9.17, 15) is 9.59 Å². The lowest BCUT2D eigenvalue weighted by Crippen LogP contribution is -2.30. The van der Waals surface area contributed by atoms with E-state index in [0.29, 0.717) is 32.4 Å². The fourth-order valence-electron chi connectivity index (χ4n) is 1.77. The molecular formula is C14H28N2O3. The van der Waals surface area contributed by atoms with Crippen LogP contribution < -0.4 is 11.1 Å². The highest BCUT2D eigenvalue weighted by atomic mass is 16.5. The average Bonchev–Trinajstić information content (AvgIpc) is 2.35. The summed E-state index contributed by atoms with van der Waals surface area (Å²) in [5.41, 5.74) is 5.22. The standard InChI is InChI=1S/C14H28N2O3/c1-4-19-14(2,3)9-8-13(18)16-10-6-5-7-12(15)11-17/h11-12H,4-10,15H2,1-3H3,(H,16,18). The molecule has 0 aromatic carbocycles. The van der Waals surface area contributed by atoms with Gasteiger partial charge in [0.2, 0.25) is 5.91 Å². The molecule has 0 bridgehead atoms. The van der Waals surface area contributed by atoms with Gasteiger partial charge in [-0.1, -0.05) is 0 Å². The molecule has 0 aliphatic rings. The summed E-state index contributed by atoms with van der Waals surface area (Å²) < 4.78 is 5.53. The van der Waals surface area contributed by atoms with Crippen molar-refractivity contribution in [2.24, 2.45) is 5.73 Å². The fourth-order valence-corrected chi connectivity index (χ4v) is 1.77. The van der Waals surface area contributed by atoms with Gasteiger partial charge in [0.1, 0.15) is 6.29 Å². The quantitative estimate of drug-likeness (QED) is 0.440. The second kappa shape index (κ2) is 9.92. The summed E-state index contributed by atoms with van der Waals surface area (Å²) in [5, 5.41) is 2.87. The smallest absolute Gasteiger partial charge is 0.220 e. The van der Waals surface area contributed by atoms with Crippen LogP contribution in [0.15, 0.2) is 0 Å². The Morgan fingerprint density at radius 1 is 1.42 bits per heavy atom. The second-order valence-corrected chi connectivity index (χ2v) is 5.34. The lowest BCUT2D eigenvalue weighted by Gasteiger charge is -2.24. The molecule has 1 amide bonds. The van der Waals surface area contributed by atoms with Crippen LogP contribution in [-0.4, -0.2) is 37.0 Å². The van der Waals surface area contributed by atoms with Gasteiger partial charge in [-0.25, -0.2) is 0 Å². The van der Waals surface area contributed by atoms with Crippen LogP contribution in [0.25, 0.3) is 0 Å². The van der Waals surface area contributed by atoms with E-state index in [2.05, 4.69) is 5.32 Å². The molecule has 0 spiro atoms.